The number of imidazole rings is 1. The molecule has 0 spiro atoms. The number of anilines is 1. The summed E-state index contributed by atoms with van der Waals surface area (Å²) in [5.41, 5.74) is 12.6. The summed E-state index contributed by atoms with van der Waals surface area (Å²) < 4.78 is 15.1. The van der Waals surface area contributed by atoms with Gasteiger partial charge in [-0.05, 0) is 60.9 Å². The average Bonchev–Trinajstić information content (AvgIpc) is 3.40. The number of nitrogens with one attached hydrogen (secondary N) is 1. The van der Waals surface area contributed by atoms with Gasteiger partial charge in [0.25, 0.3) is 0 Å². The smallest absolute Gasteiger partial charge is 0.322 e. The molecule has 1 aromatic heterocycles. The highest BCUT2D eigenvalue weighted by Gasteiger charge is 2.35. The molecule has 1 atom stereocenters. The second-order valence-electron chi connectivity index (χ2n) is 10.1. The van der Waals surface area contributed by atoms with E-state index >= 15 is 0 Å². The molecule has 2 aliphatic rings. The Hall–Kier alpha value is -4.79. The van der Waals surface area contributed by atoms with Crippen LogP contribution in [0.5, 0.6) is 5.75 Å². The Labute approximate surface area is 225 Å². The summed E-state index contributed by atoms with van der Waals surface area (Å²) in [7, 11) is 0. The quantitative estimate of drug-likeness (QED) is 0.328. The third-order valence-electron chi connectivity index (χ3n) is 7.26. The molecule has 9 heteroatoms. The largest absolute Gasteiger partial charge is 0.508 e. The molecule has 0 bridgehead atoms. The molecular weight excluding hydrogens is 495 g/mol. The number of phenols is 1. The van der Waals surface area contributed by atoms with Crippen molar-refractivity contribution in [3.05, 3.63) is 113 Å². The van der Waals surface area contributed by atoms with Gasteiger partial charge in [-0.25, -0.2) is 14.2 Å². The van der Waals surface area contributed by atoms with Gasteiger partial charge in [0.05, 0.1) is 29.3 Å². The number of urea groups is 1. The van der Waals surface area contributed by atoms with E-state index in [0.717, 1.165) is 39.0 Å². The monoisotopic (exact) mass is 524 g/mol. The van der Waals surface area contributed by atoms with Gasteiger partial charge in [-0.15, -0.1) is 0 Å². The molecule has 1 unspecified atom stereocenters. The van der Waals surface area contributed by atoms with Crippen molar-refractivity contribution < 1.29 is 14.3 Å². The van der Waals surface area contributed by atoms with E-state index in [2.05, 4.69) is 16.4 Å². The standard InChI is InChI=1S/C30H29FN6O2/c1-19-2-9-28(38)22(14-19)17-37-27-15-21(5-8-24(27)33-29(37)32)16-35-12-11-26-25(18-35)34-30(39)36(26)13-10-20-3-6-23(31)7-4-20/h2-9,11-12,14-15,18,26,38H,10,13,16-17H2,1H3,(H2,32,33)(H,34,39). The van der Waals surface area contributed by atoms with E-state index in [0.29, 0.717) is 32.0 Å². The fourth-order valence-corrected chi connectivity index (χ4v) is 5.21. The van der Waals surface area contributed by atoms with Gasteiger partial charge < -0.3 is 30.5 Å². The first-order chi connectivity index (χ1) is 18.8. The van der Waals surface area contributed by atoms with Crippen LogP contribution in [0.15, 0.2) is 84.8 Å². The first-order valence-corrected chi connectivity index (χ1v) is 12.8. The number of aryl methyl sites for hydroxylation is 1. The lowest BCUT2D eigenvalue weighted by Gasteiger charge is -2.26. The molecule has 0 saturated carbocycles. The lowest BCUT2D eigenvalue weighted by atomic mass is 10.1. The molecule has 2 aliphatic heterocycles. The number of carbonyl (C=O) groups excluding carboxylic acids is 1. The molecule has 0 radical (unpaired) electrons. The summed E-state index contributed by atoms with van der Waals surface area (Å²) >= 11 is 0. The SMILES string of the molecule is Cc1ccc(O)c(Cn2c(N)nc3ccc(CN4C=CC5C(=C4)NC(=O)N5CCc4ccc(F)cc4)cc32)c1. The average molecular weight is 525 g/mol. The number of hydrogen-bond acceptors (Lipinski definition) is 5. The van der Waals surface area contributed by atoms with E-state index in [1.807, 2.05) is 59.1 Å². The number of nitrogens with two attached hydrogens (primary N) is 1. The minimum atomic E-state index is -0.268. The number of nitrogen functional groups attached to an aromatic ring is 1. The molecule has 3 heterocycles. The fourth-order valence-electron chi connectivity index (χ4n) is 5.21. The predicted molar refractivity (Wildman–Crippen MR) is 148 cm³/mol. The third-order valence-corrected chi connectivity index (χ3v) is 7.26. The number of rotatable bonds is 7. The van der Waals surface area contributed by atoms with Crippen LogP contribution < -0.4 is 11.1 Å². The minimum absolute atomic E-state index is 0.139. The molecular formula is C30H29FN6O2. The maximum absolute atomic E-state index is 13.2. The first kappa shape index (κ1) is 24.5. The molecule has 6 rings (SSSR count). The van der Waals surface area contributed by atoms with Gasteiger partial charge in [0.15, 0.2) is 0 Å². The Morgan fingerprint density at radius 1 is 1.05 bits per heavy atom. The summed E-state index contributed by atoms with van der Waals surface area (Å²) in [6, 6.07) is 17.6. The van der Waals surface area contributed by atoms with Gasteiger partial charge in [0.2, 0.25) is 5.95 Å². The van der Waals surface area contributed by atoms with E-state index in [1.54, 1.807) is 23.1 Å². The molecule has 8 nitrogen and oxygen atoms in total. The highest BCUT2D eigenvalue weighted by molar-refractivity contribution is 5.81. The maximum Gasteiger partial charge on any atom is 0.322 e. The van der Waals surface area contributed by atoms with Crippen molar-refractivity contribution >= 4 is 23.0 Å². The molecule has 0 aliphatic carbocycles. The van der Waals surface area contributed by atoms with Gasteiger partial charge in [-0.3, -0.25) is 0 Å². The third kappa shape index (κ3) is 4.90. The van der Waals surface area contributed by atoms with Crippen molar-refractivity contribution in [1.82, 2.24) is 24.7 Å². The molecule has 39 heavy (non-hydrogen) atoms. The number of nitrogens with zero attached hydrogens (tertiary/aromatic N) is 4. The van der Waals surface area contributed by atoms with Crippen LogP contribution in [0.4, 0.5) is 15.1 Å². The second kappa shape index (κ2) is 9.83. The number of benzene rings is 3. The van der Waals surface area contributed by atoms with Crippen molar-refractivity contribution in [2.75, 3.05) is 12.3 Å². The summed E-state index contributed by atoms with van der Waals surface area (Å²) in [5.74, 6) is 0.346. The number of aromatic hydroxyl groups is 1. The topological polar surface area (TPSA) is 99.6 Å². The number of phenolic OH excluding ortho intramolecular Hbond substituents is 1. The minimum Gasteiger partial charge on any atom is -0.508 e. The van der Waals surface area contributed by atoms with Gasteiger partial charge in [0, 0.05) is 31.1 Å². The summed E-state index contributed by atoms with van der Waals surface area (Å²) in [4.78, 5) is 21.0. The van der Waals surface area contributed by atoms with Crippen molar-refractivity contribution in [1.29, 1.82) is 0 Å². The second-order valence-corrected chi connectivity index (χ2v) is 10.1. The van der Waals surface area contributed by atoms with Crippen LogP contribution >= 0.6 is 0 Å². The summed E-state index contributed by atoms with van der Waals surface area (Å²) in [5, 5.41) is 13.3. The highest BCUT2D eigenvalue weighted by atomic mass is 19.1. The number of halogens is 1. The zero-order chi connectivity index (χ0) is 27.1. The summed E-state index contributed by atoms with van der Waals surface area (Å²) in [6.07, 6.45) is 6.60. The van der Waals surface area contributed by atoms with Crippen LogP contribution in [0.2, 0.25) is 0 Å². The number of fused-ring (bicyclic) bond motifs is 2. The molecule has 4 N–H and O–H groups in total. The highest BCUT2D eigenvalue weighted by Crippen LogP contribution is 2.27. The van der Waals surface area contributed by atoms with Crippen LogP contribution in [-0.2, 0) is 19.5 Å². The van der Waals surface area contributed by atoms with Gasteiger partial charge in [0.1, 0.15) is 11.6 Å². The zero-order valence-electron chi connectivity index (χ0n) is 21.5. The Balaban J connectivity index is 1.17. The lowest BCUT2D eigenvalue weighted by Crippen LogP contribution is -2.35. The van der Waals surface area contributed by atoms with Crippen LogP contribution in [-0.4, -0.2) is 43.1 Å². The number of aromatic nitrogens is 2. The first-order valence-electron chi connectivity index (χ1n) is 12.8. The number of hydrogen-bond donors (Lipinski definition) is 3. The van der Waals surface area contributed by atoms with E-state index in [9.17, 15) is 14.3 Å². The number of amides is 2. The molecule has 198 valence electrons. The molecule has 4 aromatic rings. The molecule has 1 fully saturated rings. The fraction of sp³-hybridized carbons (Fsp3) is 0.200. The van der Waals surface area contributed by atoms with E-state index in [1.165, 1.54) is 12.1 Å². The van der Waals surface area contributed by atoms with E-state index < -0.39 is 0 Å². The Morgan fingerprint density at radius 2 is 1.85 bits per heavy atom. The normalized spacial score (nSPS) is 16.5. The van der Waals surface area contributed by atoms with Crippen LogP contribution in [0.3, 0.4) is 0 Å². The maximum atomic E-state index is 13.2. The van der Waals surface area contributed by atoms with Crippen molar-refractivity contribution in [3.8, 4) is 5.75 Å². The van der Waals surface area contributed by atoms with Crippen molar-refractivity contribution in [2.45, 2.75) is 32.5 Å². The molecule has 1 saturated heterocycles. The Morgan fingerprint density at radius 3 is 2.67 bits per heavy atom. The molecule has 2 amide bonds. The zero-order valence-corrected chi connectivity index (χ0v) is 21.5. The summed E-state index contributed by atoms with van der Waals surface area (Å²) in [6.45, 7) is 3.52. The van der Waals surface area contributed by atoms with Crippen LogP contribution in [0.1, 0.15) is 22.3 Å². The van der Waals surface area contributed by atoms with E-state index in [-0.39, 0.29) is 23.6 Å². The van der Waals surface area contributed by atoms with Crippen LogP contribution in [0.25, 0.3) is 11.0 Å². The van der Waals surface area contributed by atoms with E-state index in [4.69, 9.17) is 5.73 Å². The van der Waals surface area contributed by atoms with Crippen molar-refractivity contribution in [2.24, 2.45) is 0 Å². The van der Waals surface area contributed by atoms with Crippen molar-refractivity contribution in [3.63, 3.8) is 0 Å². The predicted octanol–water partition coefficient (Wildman–Crippen LogP) is 4.63. The molecule has 3 aromatic carbocycles. The van der Waals surface area contributed by atoms with Gasteiger partial charge in [-0.2, -0.15) is 0 Å². The van der Waals surface area contributed by atoms with Crippen LogP contribution in [0, 0.1) is 12.7 Å². The van der Waals surface area contributed by atoms with Gasteiger partial charge >= 0.3 is 6.03 Å². The Bertz CT molecular complexity index is 1620. The Kier molecular flexibility index (Phi) is 6.18. The number of carbonyl (C=O) groups is 1. The van der Waals surface area contributed by atoms with Gasteiger partial charge in [-0.1, -0.05) is 35.9 Å². The lowest BCUT2D eigenvalue weighted by molar-refractivity contribution is 0.211.